The zero-order valence-corrected chi connectivity index (χ0v) is 13.5. The summed E-state index contributed by atoms with van der Waals surface area (Å²) in [7, 11) is 0. The highest BCUT2D eigenvalue weighted by Gasteiger charge is 2.44. The van der Waals surface area contributed by atoms with Crippen LogP contribution in [-0.2, 0) is 18.9 Å². The Hall–Kier alpha value is -0.200. The summed E-state index contributed by atoms with van der Waals surface area (Å²) >= 11 is 0. The lowest BCUT2D eigenvalue weighted by Crippen LogP contribution is -2.54. The predicted octanol–water partition coefficient (Wildman–Crippen LogP) is 2.66. The molecule has 0 aliphatic heterocycles. The van der Waals surface area contributed by atoms with Crippen LogP contribution in [0.15, 0.2) is 0 Å². The maximum absolute atomic E-state index is 10.6. The molecule has 0 spiro atoms. The van der Waals surface area contributed by atoms with Crippen molar-refractivity contribution >= 4 is 0 Å². The summed E-state index contributed by atoms with van der Waals surface area (Å²) < 4.78 is 22.2. The van der Waals surface area contributed by atoms with Crippen molar-refractivity contribution in [1.29, 1.82) is 0 Å². The van der Waals surface area contributed by atoms with Crippen LogP contribution in [0.4, 0.5) is 0 Å². The van der Waals surface area contributed by atoms with Crippen LogP contribution in [0.1, 0.15) is 55.4 Å². The second kappa shape index (κ2) is 8.17. The molecular formula is C14H30O5. The Morgan fingerprint density at radius 2 is 0.947 bits per heavy atom. The van der Waals surface area contributed by atoms with E-state index in [1.165, 1.54) is 0 Å². The Kier molecular flexibility index (Phi) is 8.08. The fourth-order valence-corrected chi connectivity index (χ4v) is 1.51. The topological polar surface area (TPSA) is 57.2 Å². The quantitative estimate of drug-likeness (QED) is 0.657. The lowest BCUT2D eigenvalue weighted by Gasteiger charge is -2.38. The van der Waals surface area contributed by atoms with E-state index in [0.717, 1.165) is 0 Å². The first-order valence-corrected chi connectivity index (χ1v) is 6.95. The molecule has 0 aliphatic rings. The maximum Gasteiger partial charge on any atom is 0.335 e. The van der Waals surface area contributed by atoms with Gasteiger partial charge in [0.25, 0.3) is 0 Å². The van der Waals surface area contributed by atoms with E-state index in [1.54, 1.807) is 0 Å². The van der Waals surface area contributed by atoms with Gasteiger partial charge in [-0.2, -0.15) is 0 Å². The van der Waals surface area contributed by atoms with E-state index >= 15 is 0 Å². The van der Waals surface area contributed by atoms with Gasteiger partial charge in [0.05, 0.1) is 24.4 Å². The molecule has 0 heterocycles. The molecule has 0 atom stereocenters. The second-order valence-corrected chi connectivity index (χ2v) is 5.67. The third-order valence-corrected chi connectivity index (χ3v) is 1.90. The monoisotopic (exact) mass is 278 g/mol. The van der Waals surface area contributed by atoms with Gasteiger partial charge in [-0.15, -0.1) is 0 Å². The van der Waals surface area contributed by atoms with Crippen LogP contribution in [0, 0.1) is 0 Å². The molecule has 5 nitrogen and oxygen atoms in total. The van der Waals surface area contributed by atoms with Crippen molar-refractivity contribution in [2.45, 2.75) is 92.1 Å². The molecule has 0 aromatic heterocycles. The highest BCUT2D eigenvalue weighted by molar-refractivity contribution is 4.66. The number of aliphatic hydroxyl groups is 1. The van der Waals surface area contributed by atoms with Crippen molar-refractivity contribution in [3.05, 3.63) is 0 Å². The summed E-state index contributed by atoms with van der Waals surface area (Å²) in [5.41, 5.74) is 0. The first-order chi connectivity index (χ1) is 8.56. The number of ether oxygens (including phenoxy) is 4. The third-order valence-electron chi connectivity index (χ3n) is 1.90. The van der Waals surface area contributed by atoms with E-state index in [-0.39, 0.29) is 24.4 Å². The third kappa shape index (κ3) is 7.84. The van der Waals surface area contributed by atoms with E-state index in [9.17, 15) is 5.11 Å². The minimum Gasteiger partial charge on any atom is -0.343 e. The summed E-state index contributed by atoms with van der Waals surface area (Å²) in [4.78, 5) is 0. The van der Waals surface area contributed by atoms with E-state index in [0.29, 0.717) is 0 Å². The van der Waals surface area contributed by atoms with Crippen LogP contribution >= 0.6 is 0 Å². The van der Waals surface area contributed by atoms with Gasteiger partial charge < -0.3 is 24.1 Å². The van der Waals surface area contributed by atoms with Gasteiger partial charge in [-0.1, -0.05) is 0 Å². The molecule has 0 aliphatic carbocycles. The fraction of sp³-hybridized carbons (Fsp3) is 1.00. The van der Waals surface area contributed by atoms with Crippen LogP contribution in [0.25, 0.3) is 0 Å². The van der Waals surface area contributed by atoms with Crippen LogP contribution in [0.5, 0.6) is 0 Å². The van der Waals surface area contributed by atoms with Crippen molar-refractivity contribution in [3.8, 4) is 0 Å². The first-order valence-electron chi connectivity index (χ1n) is 6.95. The molecule has 0 radical (unpaired) electrons. The van der Waals surface area contributed by atoms with E-state index in [2.05, 4.69) is 0 Å². The highest BCUT2D eigenvalue weighted by atomic mass is 16.9. The normalized spacial score (nSPS) is 13.6. The maximum atomic E-state index is 10.6. The first kappa shape index (κ1) is 18.8. The van der Waals surface area contributed by atoms with Gasteiger partial charge in [0.1, 0.15) is 0 Å². The molecule has 0 fully saturated rings. The number of hydrogen-bond donors (Lipinski definition) is 1. The van der Waals surface area contributed by atoms with Crippen LogP contribution in [0.2, 0.25) is 0 Å². The van der Waals surface area contributed by atoms with Gasteiger partial charge >= 0.3 is 5.97 Å². The Morgan fingerprint density at radius 1 is 0.632 bits per heavy atom. The lowest BCUT2D eigenvalue weighted by atomic mass is 10.3. The van der Waals surface area contributed by atoms with Crippen molar-refractivity contribution in [2.75, 3.05) is 0 Å². The summed E-state index contributed by atoms with van der Waals surface area (Å²) in [6.07, 6.45) is -1.70. The van der Waals surface area contributed by atoms with E-state index in [1.807, 2.05) is 55.4 Å². The van der Waals surface area contributed by atoms with Gasteiger partial charge in [-0.05, 0) is 55.4 Å². The summed E-state index contributed by atoms with van der Waals surface area (Å²) in [6, 6.07) is 0. The van der Waals surface area contributed by atoms with Gasteiger partial charge in [0.2, 0.25) is 6.29 Å². The zero-order chi connectivity index (χ0) is 15.2. The molecule has 0 aromatic rings. The van der Waals surface area contributed by atoms with Crippen LogP contribution in [-0.4, -0.2) is 41.8 Å². The smallest absolute Gasteiger partial charge is 0.335 e. The molecule has 0 saturated heterocycles. The highest BCUT2D eigenvalue weighted by Crippen LogP contribution is 2.25. The van der Waals surface area contributed by atoms with Crippen molar-refractivity contribution in [1.82, 2.24) is 0 Å². The number of hydrogen-bond acceptors (Lipinski definition) is 5. The minimum atomic E-state index is -1.92. The van der Waals surface area contributed by atoms with Gasteiger partial charge in [0.15, 0.2) is 0 Å². The molecule has 0 bridgehead atoms. The molecule has 0 aromatic carbocycles. The van der Waals surface area contributed by atoms with Crippen molar-refractivity contribution < 1.29 is 24.1 Å². The average molecular weight is 278 g/mol. The molecule has 0 saturated carbocycles. The lowest BCUT2D eigenvalue weighted by molar-refractivity contribution is -0.463. The second-order valence-electron chi connectivity index (χ2n) is 5.67. The largest absolute Gasteiger partial charge is 0.343 e. The summed E-state index contributed by atoms with van der Waals surface area (Å²) in [5, 5.41) is 10.6. The average Bonchev–Trinajstić information content (AvgIpc) is 2.11. The van der Waals surface area contributed by atoms with Crippen molar-refractivity contribution in [3.63, 3.8) is 0 Å². The Bertz CT molecular complexity index is 218. The summed E-state index contributed by atoms with van der Waals surface area (Å²) in [6.45, 7) is 14.7. The fourth-order valence-electron chi connectivity index (χ4n) is 1.51. The Balaban J connectivity index is 5.08. The minimum absolute atomic E-state index is 0.123. The van der Waals surface area contributed by atoms with Gasteiger partial charge in [-0.25, -0.2) is 0 Å². The predicted molar refractivity (Wildman–Crippen MR) is 73.6 cm³/mol. The zero-order valence-electron chi connectivity index (χ0n) is 13.5. The van der Waals surface area contributed by atoms with Crippen LogP contribution in [0.3, 0.4) is 0 Å². The van der Waals surface area contributed by atoms with Gasteiger partial charge in [-0.3, -0.25) is 0 Å². The van der Waals surface area contributed by atoms with Gasteiger partial charge in [0, 0.05) is 0 Å². The Labute approximate surface area is 117 Å². The number of rotatable bonds is 9. The molecule has 0 rings (SSSR count). The molecule has 116 valence electrons. The SMILES string of the molecule is CC(C)OC(OC(C)C)C(O)(OC(C)C)OC(C)C. The van der Waals surface area contributed by atoms with E-state index in [4.69, 9.17) is 18.9 Å². The molecular weight excluding hydrogens is 248 g/mol. The molecule has 19 heavy (non-hydrogen) atoms. The van der Waals surface area contributed by atoms with E-state index < -0.39 is 12.3 Å². The molecule has 1 N–H and O–H groups in total. The van der Waals surface area contributed by atoms with Crippen molar-refractivity contribution in [2.24, 2.45) is 0 Å². The molecule has 5 heteroatoms. The standard InChI is InChI=1S/C14H30O5/c1-9(2)16-13(17-10(3)4)14(15,18-11(5)6)19-12(7)8/h9-13,15H,1-8H3. The van der Waals surface area contributed by atoms with Crippen LogP contribution < -0.4 is 0 Å². The summed E-state index contributed by atoms with van der Waals surface area (Å²) in [5.74, 6) is -1.92. The Morgan fingerprint density at radius 3 is 1.16 bits per heavy atom. The molecule has 0 amide bonds. The molecule has 0 unspecified atom stereocenters.